The molecule has 92 valence electrons. The molecule has 4 heteroatoms. The SMILES string of the molecule is CC1CNCCC12CCC(C(=O)N(C)C)O2. The van der Waals surface area contributed by atoms with Gasteiger partial charge in [0.1, 0.15) is 6.10 Å². The molecule has 1 amide bonds. The molecule has 2 aliphatic rings. The number of nitrogens with one attached hydrogen (secondary N) is 1. The lowest BCUT2D eigenvalue weighted by Crippen LogP contribution is -2.49. The van der Waals surface area contributed by atoms with Crippen molar-refractivity contribution in [3.63, 3.8) is 0 Å². The molecule has 2 aliphatic heterocycles. The minimum atomic E-state index is -0.212. The fraction of sp³-hybridized carbons (Fsp3) is 0.917. The van der Waals surface area contributed by atoms with Crippen LogP contribution in [-0.4, -0.2) is 49.7 Å². The van der Waals surface area contributed by atoms with Crippen molar-refractivity contribution in [3.8, 4) is 0 Å². The highest BCUT2D eigenvalue weighted by Gasteiger charge is 2.47. The predicted octanol–water partition coefficient (Wildman–Crippen LogP) is 0.622. The number of likely N-dealkylation sites (N-methyl/N-ethyl adjacent to an activating group) is 1. The van der Waals surface area contributed by atoms with Crippen LogP contribution in [0.3, 0.4) is 0 Å². The van der Waals surface area contributed by atoms with E-state index < -0.39 is 0 Å². The quantitative estimate of drug-likeness (QED) is 0.713. The number of rotatable bonds is 1. The van der Waals surface area contributed by atoms with E-state index in [1.807, 2.05) is 0 Å². The molecule has 0 aromatic heterocycles. The number of amides is 1. The summed E-state index contributed by atoms with van der Waals surface area (Å²) in [6.45, 7) is 4.23. The third kappa shape index (κ3) is 1.96. The van der Waals surface area contributed by atoms with Crippen LogP contribution in [0.1, 0.15) is 26.2 Å². The number of piperidine rings is 1. The third-order valence-electron chi connectivity index (χ3n) is 4.00. The fourth-order valence-corrected chi connectivity index (χ4v) is 2.84. The van der Waals surface area contributed by atoms with Gasteiger partial charge in [-0.25, -0.2) is 0 Å². The van der Waals surface area contributed by atoms with Gasteiger partial charge in [-0.3, -0.25) is 4.79 Å². The first-order valence-corrected chi connectivity index (χ1v) is 6.15. The molecule has 0 aromatic carbocycles. The van der Waals surface area contributed by atoms with Crippen molar-refractivity contribution in [1.82, 2.24) is 10.2 Å². The Balaban J connectivity index is 2.03. The van der Waals surface area contributed by atoms with Crippen molar-refractivity contribution < 1.29 is 9.53 Å². The summed E-state index contributed by atoms with van der Waals surface area (Å²) in [4.78, 5) is 13.5. The Kier molecular flexibility index (Phi) is 3.22. The Morgan fingerprint density at radius 3 is 2.81 bits per heavy atom. The van der Waals surface area contributed by atoms with Crippen LogP contribution in [0.5, 0.6) is 0 Å². The zero-order valence-corrected chi connectivity index (χ0v) is 10.5. The average Bonchev–Trinajstić information content (AvgIpc) is 2.67. The highest BCUT2D eigenvalue weighted by atomic mass is 16.5. The van der Waals surface area contributed by atoms with Gasteiger partial charge >= 0.3 is 0 Å². The number of ether oxygens (including phenoxy) is 1. The minimum absolute atomic E-state index is 0.0401. The highest BCUT2D eigenvalue weighted by Crippen LogP contribution is 2.40. The van der Waals surface area contributed by atoms with Crippen molar-refractivity contribution in [2.24, 2.45) is 5.92 Å². The van der Waals surface area contributed by atoms with Crippen LogP contribution in [0.4, 0.5) is 0 Å². The zero-order valence-electron chi connectivity index (χ0n) is 10.5. The molecule has 0 radical (unpaired) electrons. The van der Waals surface area contributed by atoms with Crippen molar-refractivity contribution in [3.05, 3.63) is 0 Å². The van der Waals surface area contributed by atoms with Gasteiger partial charge in [-0.2, -0.15) is 0 Å². The summed E-state index contributed by atoms with van der Waals surface area (Å²) in [7, 11) is 3.59. The Labute approximate surface area is 97.3 Å². The second kappa shape index (κ2) is 4.34. The maximum absolute atomic E-state index is 11.9. The van der Waals surface area contributed by atoms with E-state index in [-0.39, 0.29) is 17.6 Å². The van der Waals surface area contributed by atoms with E-state index in [1.165, 1.54) is 0 Å². The van der Waals surface area contributed by atoms with Gasteiger partial charge in [-0.05, 0) is 31.7 Å². The Hall–Kier alpha value is -0.610. The normalized spacial score (nSPS) is 38.9. The molecule has 4 nitrogen and oxygen atoms in total. The second-order valence-electron chi connectivity index (χ2n) is 5.30. The van der Waals surface area contributed by atoms with Gasteiger partial charge in [0.2, 0.25) is 0 Å². The standard InChI is InChI=1S/C12H22N2O2/c1-9-8-13-7-6-12(9)5-4-10(16-12)11(15)14(2)3/h9-10,13H,4-8H2,1-3H3. The smallest absolute Gasteiger partial charge is 0.251 e. The van der Waals surface area contributed by atoms with Crippen LogP contribution < -0.4 is 5.32 Å². The van der Waals surface area contributed by atoms with Crippen LogP contribution in [0.15, 0.2) is 0 Å². The largest absolute Gasteiger partial charge is 0.362 e. The van der Waals surface area contributed by atoms with Crippen LogP contribution in [0.25, 0.3) is 0 Å². The maximum Gasteiger partial charge on any atom is 0.251 e. The first-order valence-electron chi connectivity index (χ1n) is 6.15. The molecule has 2 fully saturated rings. The summed E-state index contributed by atoms with van der Waals surface area (Å²) in [6, 6.07) is 0. The molecule has 0 aliphatic carbocycles. The predicted molar refractivity (Wildman–Crippen MR) is 62.2 cm³/mol. The average molecular weight is 226 g/mol. The zero-order chi connectivity index (χ0) is 11.8. The lowest BCUT2D eigenvalue weighted by Gasteiger charge is -2.39. The molecule has 2 saturated heterocycles. The van der Waals surface area contributed by atoms with Gasteiger partial charge in [0.05, 0.1) is 5.60 Å². The summed E-state index contributed by atoms with van der Waals surface area (Å²) in [6.07, 6.45) is 2.72. The first kappa shape index (κ1) is 11.9. The molecular weight excluding hydrogens is 204 g/mol. The van der Waals surface area contributed by atoms with Gasteiger partial charge in [0.15, 0.2) is 0 Å². The monoisotopic (exact) mass is 226 g/mol. The molecule has 0 bridgehead atoms. The molecule has 1 spiro atoms. The van der Waals surface area contributed by atoms with E-state index >= 15 is 0 Å². The molecule has 2 heterocycles. The van der Waals surface area contributed by atoms with Gasteiger partial charge in [0, 0.05) is 20.6 Å². The van der Waals surface area contributed by atoms with Gasteiger partial charge in [-0.15, -0.1) is 0 Å². The molecular formula is C12H22N2O2. The Morgan fingerprint density at radius 2 is 2.19 bits per heavy atom. The van der Waals surface area contributed by atoms with Crippen molar-refractivity contribution >= 4 is 5.91 Å². The molecule has 16 heavy (non-hydrogen) atoms. The summed E-state index contributed by atoms with van der Waals surface area (Å²) < 4.78 is 6.09. The van der Waals surface area contributed by atoms with E-state index in [9.17, 15) is 4.79 Å². The lowest BCUT2D eigenvalue weighted by molar-refractivity contribution is -0.151. The van der Waals surface area contributed by atoms with Gasteiger partial charge in [0.25, 0.3) is 5.91 Å². The summed E-state index contributed by atoms with van der Waals surface area (Å²) >= 11 is 0. The topological polar surface area (TPSA) is 41.6 Å². The molecule has 3 unspecified atom stereocenters. The number of hydrogen-bond acceptors (Lipinski definition) is 3. The third-order valence-corrected chi connectivity index (χ3v) is 4.00. The Morgan fingerprint density at radius 1 is 1.44 bits per heavy atom. The van der Waals surface area contributed by atoms with Crippen molar-refractivity contribution in [2.75, 3.05) is 27.2 Å². The maximum atomic E-state index is 11.9. The molecule has 1 N–H and O–H groups in total. The summed E-state index contributed by atoms with van der Waals surface area (Å²) in [5, 5.41) is 3.38. The van der Waals surface area contributed by atoms with E-state index in [0.717, 1.165) is 32.4 Å². The second-order valence-corrected chi connectivity index (χ2v) is 5.30. The van der Waals surface area contributed by atoms with Gasteiger partial charge < -0.3 is 15.0 Å². The summed E-state index contributed by atoms with van der Waals surface area (Å²) in [5.41, 5.74) is -0.0401. The fourth-order valence-electron chi connectivity index (χ4n) is 2.84. The van der Waals surface area contributed by atoms with Crippen LogP contribution in [0.2, 0.25) is 0 Å². The van der Waals surface area contributed by atoms with Crippen molar-refractivity contribution in [2.45, 2.75) is 37.9 Å². The van der Waals surface area contributed by atoms with Crippen molar-refractivity contribution in [1.29, 1.82) is 0 Å². The minimum Gasteiger partial charge on any atom is -0.362 e. The van der Waals surface area contributed by atoms with E-state index in [2.05, 4.69) is 12.2 Å². The summed E-state index contributed by atoms with van der Waals surface area (Å²) in [5.74, 6) is 0.615. The Bertz CT molecular complexity index is 280. The number of carbonyl (C=O) groups is 1. The van der Waals surface area contributed by atoms with E-state index in [4.69, 9.17) is 4.74 Å². The lowest BCUT2D eigenvalue weighted by atomic mass is 9.81. The van der Waals surface area contributed by atoms with Crippen LogP contribution in [0, 0.1) is 5.92 Å². The number of hydrogen-bond donors (Lipinski definition) is 1. The first-order chi connectivity index (χ1) is 7.55. The number of nitrogens with zero attached hydrogens (tertiary/aromatic N) is 1. The van der Waals surface area contributed by atoms with E-state index in [0.29, 0.717) is 5.92 Å². The van der Waals surface area contributed by atoms with Crippen LogP contribution in [-0.2, 0) is 9.53 Å². The molecule has 0 saturated carbocycles. The molecule has 0 aromatic rings. The molecule has 3 atom stereocenters. The van der Waals surface area contributed by atoms with E-state index in [1.54, 1.807) is 19.0 Å². The number of carbonyl (C=O) groups excluding carboxylic acids is 1. The highest BCUT2D eigenvalue weighted by molar-refractivity contribution is 5.80. The van der Waals surface area contributed by atoms with Gasteiger partial charge in [-0.1, -0.05) is 6.92 Å². The van der Waals surface area contributed by atoms with Crippen LogP contribution >= 0.6 is 0 Å². The molecule has 2 rings (SSSR count).